The number of carbonyl (C=O) groups is 2. The predicted octanol–water partition coefficient (Wildman–Crippen LogP) is 10.9. The Morgan fingerprint density at radius 1 is 0.783 bits per heavy atom. The fourth-order valence-corrected chi connectivity index (χ4v) is 6.07. The number of carbonyl (C=O) groups excluding carboxylic acids is 2. The van der Waals surface area contributed by atoms with Crippen molar-refractivity contribution in [1.82, 2.24) is 0 Å². The summed E-state index contributed by atoms with van der Waals surface area (Å²) < 4.78 is 45.2. The first-order valence-electron chi connectivity index (χ1n) is 18.0. The van der Waals surface area contributed by atoms with Gasteiger partial charge in [0, 0.05) is 6.07 Å². The van der Waals surface area contributed by atoms with Crippen LogP contribution in [0.1, 0.15) is 145 Å². The molecule has 1 fully saturated rings. The fraction of sp³-hybridized carbons (Fsp3) is 0.641. The Morgan fingerprint density at radius 3 is 2.02 bits per heavy atom. The number of aryl methyl sites for hydroxylation is 1. The van der Waals surface area contributed by atoms with Gasteiger partial charge < -0.3 is 14.2 Å². The number of alkyl halides is 1. The van der Waals surface area contributed by atoms with E-state index in [4.69, 9.17) is 14.2 Å². The third kappa shape index (κ3) is 14.2. The number of halogens is 2. The molecule has 2 aromatic rings. The van der Waals surface area contributed by atoms with Crippen LogP contribution in [0.5, 0.6) is 11.5 Å². The van der Waals surface area contributed by atoms with Crippen molar-refractivity contribution >= 4 is 11.9 Å². The van der Waals surface area contributed by atoms with Crippen LogP contribution in [0.3, 0.4) is 0 Å². The van der Waals surface area contributed by atoms with E-state index in [0.717, 1.165) is 63.4 Å². The average Bonchev–Trinajstić information content (AvgIpc) is 3.06. The lowest BCUT2D eigenvalue weighted by atomic mass is 9.83. The highest BCUT2D eigenvalue weighted by Gasteiger charge is 2.27. The molecule has 1 atom stereocenters. The molecule has 0 radical (unpaired) electrons. The Bertz CT molecular complexity index is 1140. The van der Waals surface area contributed by atoms with Crippen LogP contribution < -0.4 is 9.47 Å². The first kappa shape index (κ1) is 37.5. The van der Waals surface area contributed by atoms with E-state index in [1.165, 1.54) is 63.5 Å². The second kappa shape index (κ2) is 21.8. The second-order valence-corrected chi connectivity index (χ2v) is 12.9. The van der Waals surface area contributed by atoms with Gasteiger partial charge >= 0.3 is 11.9 Å². The summed E-state index contributed by atoms with van der Waals surface area (Å²) in [6.07, 6.45) is 17.8. The van der Waals surface area contributed by atoms with E-state index in [9.17, 15) is 18.4 Å². The monoisotopic (exact) mass is 642 g/mol. The Kier molecular flexibility index (Phi) is 17.7. The van der Waals surface area contributed by atoms with E-state index >= 15 is 0 Å². The highest BCUT2D eigenvalue weighted by molar-refractivity contribution is 5.91. The summed E-state index contributed by atoms with van der Waals surface area (Å²) in [7, 11) is 0. The molecule has 5 nitrogen and oxygen atoms in total. The zero-order valence-corrected chi connectivity index (χ0v) is 28.2. The number of benzene rings is 2. The molecule has 256 valence electrons. The van der Waals surface area contributed by atoms with Crippen LogP contribution in [-0.4, -0.2) is 30.8 Å². The minimum absolute atomic E-state index is 0.125. The molecule has 0 aromatic heterocycles. The molecule has 2 aromatic carbocycles. The third-order valence-electron chi connectivity index (χ3n) is 9.05. The Hall–Kier alpha value is -2.96. The first-order chi connectivity index (χ1) is 22.4. The van der Waals surface area contributed by atoms with E-state index in [2.05, 4.69) is 6.92 Å². The molecule has 3 rings (SSSR count). The number of ether oxygens (including phenoxy) is 3. The molecule has 1 aliphatic carbocycles. The van der Waals surface area contributed by atoms with Gasteiger partial charge in [0.2, 0.25) is 0 Å². The highest BCUT2D eigenvalue weighted by atomic mass is 19.1. The largest absolute Gasteiger partial charge is 0.493 e. The molecule has 0 N–H and O–H groups in total. The molecule has 0 bridgehead atoms. The lowest BCUT2D eigenvalue weighted by molar-refractivity contribution is -0.157. The predicted molar refractivity (Wildman–Crippen MR) is 180 cm³/mol. The molecule has 1 aliphatic rings. The standard InChI is InChI=1S/C39H56F2O5/c1-3-5-7-8-9-10-11-12-13-14-28-44-34-26-27-35(37(41)29-34)38(42)45-32-22-18-30(19-23-32)16-17-31-20-24-33(25-21-31)46-39(43)36(40)15-6-4-2/h18-19,22-23,26-27,29,31,33,36H,3-17,20-21,24-25,28H2,1-2H3/t31-,33-,36-/m0/s1. The van der Waals surface area contributed by atoms with Crippen LogP contribution in [0.25, 0.3) is 0 Å². The van der Waals surface area contributed by atoms with E-state index in [0.29, 0.717) is 30.4 Å². The SMILES string of the molecule is CCCCCCCCCCCCOc1ccc(C(=O)Oc2ccc(CC[C@H]3CC[C@H](OC(=O)[C@@H](F)CCCC)CC3)cc2)c(F)c1. The number of hydrogen-bond donors (Lipinski definition) is 0. The summed E-state index contributed by atoms with van der Waals surface area (Å²) in [5.41, 5.74) is 0.999. The summed E-state index contributed by atoms with van der Waals surface area (Å²) in [6, 6.07) is 11.6. The zero-order valence-electron chi connectivity index (χ0n) is 28.2. The van der Waals surface area contributed by atoms with Crippen LogP contribution in [0.15, 0.2) is 42.5 Å². The van der Waals surface area contributed by atoms with Crippen molar-refractivity contribution in [3.05, 3.63) is 59.4 Å². The van der Waals surface area contributed by atoms with Gasteiger partial charge in [0.1, 0.15) is 23.4 Å². The maximum Gasteiger partial charge on any atom is 0.346 e. The van der Waals surface area contributed by atoms with Crippen LogP contribution in [-0.2, 0) is 16.0 Å². The second-order valence-electron chi connectivity index (χ2n) is 12.9. The molecule has 0 unspecified atom stereocenters. The number of unbranched alkanes of at least 4 members (excludes halogenated alkanes) is 10. The van der Waals surface area contributed by atoms with Gasteiger partial charge in [-0.3, -0.25) is 0 Å². The number of hydrogen-bond acceptors (Lipinski definition) is 5. The van der Waals surface area contributed by atoms with Gasteiger partial charge in [-0.05, 0) is 87.1 Å². The molecule has 46 heavy (non-hydrogen) atoms. The molecule has 0 amide bonds. The minimum Gasteiger partial charge on any atom is -0.493 e. The van der Waals surface area contributed by atoms with Crippen LogP contribution >= 0.6 is 0 Å². The average molecular weight is 643 g/mol. The normalized spacial score (nSPS) is 17.0. The summed E-state index contributed by atoms with van der Waals surface area (Å²) in [6.45, 7) is 4.74. The van der Waals surface area contributed by atoms with Crippen molar-refractivity contribution in [2.45, 2.75) is 148 Å². The Morgan fingerprint density at radius 2 is 1.39 bits per heavy atom. The lowest BCUT2D eigenvalue weighted by Gasteiger charge is -2.28. The van der Waals surface area contributed by atoms with Gasteiger partial charge in [-0.25, -0.2) is 18.4 Å². The summed E-state index contributed by atoms with van der Waals surface area (Å²) in [5.74, 6) is -0.803. The quantitative estimate of drug-likeness (QED) is 0.0726. The van der Waals surface area contributed by atoms with Gasteiger partial charge in [0.05, 0.1) is 12.2 Å². The summed E-state index contributed by atoms with van der Waals surface area (Å²) in [4.78, 5) is 24.6. The van der Waals surface area contributed by atoms with Gasteiger partial charge in [0.15, 0.2) is 6.17 Å². The summed E-state index contributed by atoms with van der Waals surface area (Å²) >= 11 is 0. The van der Waals surface area contributed by atoms with Gasteiger partial charge in [0.25, 0.3) is 0 Å². The maximum atomic E-state index is 14.7. The van der Waals surface area contributed by atoms with Crippen LogP contribution in [0.4, 0.5) is 8.78 Å². The molecule has 0 heterocycles. The number of esters is 2. The fourth-order valence-electron chi connectivity index (χ4n) is 6.07. The Labute approximate surface area is 275 Å². The topological polar surface area (TPSA) is 61.8 Å². The molecular formula is C39H56F2O5. The molecule has 1 saturated carbocycles. The van der Waals surface area contributed by atoms with Gasteiger partial charge in [-0.1, -0.05) is 96.6 Å². The van der Waals surface area contributed by atoms with Crippen molar-refractivity contribution in [2.24, 2.45) is 5.92 Å². The van der Waals surface area contributed by atoms with Crippen molar-refractivity contribution in [2.75, 3.05) is 6.61 Å². The lowest BCUT2D eigenvalue weighted by Crippen LogP contribution is -2.29. The van der Waals surface area contributed by atoms with Crippen molar-refractivity contribution < 1.29 is 32.6 Å². The van der Waals surface area contributed by atoms with Gasteiger partial charge in [-0.2, -0.15) is 0 Å². The zero-order chi connectivity index (χ0) is 33.0. The van der Waals surface area contributed by atoms with Gasteiger partial charge in [-0.15, -0.1) is 0 Å². The number of rotatable bonds is 22. The summed E-state index contributed by atoms with van der Waals surface area (Å²) in [5, 5.41) is 0. The van der Waals surface area contributed by atoms with E-state index in [-0.39, 0.29) is 18.1 Å². The van der Waals surface area contributed by atoms with Crippen LogP contribution in [0, 0.1) is 11.7 Å². The smallest absolute Gasteiger partial charge is 0.346 e. The Balaban J connectivity index is 1.30. The molecule has 0 aliphatic heterocycles. The van der Waals surface area contributed by atoms with Crippen molar-refractivity contribution in [3.8, 4) is 11.5 Å². The third-order valence-corrected chi connectivity index (χ3v) is 9.05. The molecule has 0 saturated heterocycles. The van der Waals surface area contributed by atoms with Crippen molar-refractivity contribution in [3.63, 3.8) is 0 Å². The van der Waals surface area contributed by atoms with E-state index in [1.807, 2.05) is 19.1 Å². The van der Waals surface area contributed by atoms with E-state index in [1.54, 1.807) is 18.2 Å². The molecule has 0 spiro atoms. The highest BCUT2D eigenvalue weighted by Crippen LogP contribution is 2.30. The van der Waals surface area contributed by atoms with Crippen molar-refractivity contribution in [1.29, 1.82) is 0 Å². The van der Waals surface area contributed by atoms with Crippen LogP contribution in [0.2, 0.25) is 0 Å². The van der Waals surface area contributed by atoms with E-state index < -0.39 is 23.9 Å². The molecule has 7 heteroatoms. The molecular weight excluding hydrogens is 586 g/mol. The first-order valence-corrected chi connectivity index (χ1v) is 18.0. The minimum atomic E-state index is -1.51. The maximum absolute atomic E-state index is 14.7.